The second-order valence-electron chi connectivity index (χ2n) is 3.04. The molecule has 0 unspecified atom stereocenters. The highest BCUT2D eigenvalue weighted by Crippen LogP contribution is 2.21. The molecular weight excluding hydrogens is 186 g/mol. The van der Waals surface area contributed by atoms with Gasteiger partial charge in [-0.3, -0.25) is 0 Å². The number of nitrogens with zero attached hydrogens (tertiary/aromatic N) is 2. The third kappa shape index (κ3) is 1.98. The summed E-state index contributed by atoms with van der Waals surface area (Å²) in [5.74, 6) is 0.736. The summed E-state index contributed by atoms with van der Waals surface area (Å²) < 4.78 is 0. The summed E-state index contributed by atoms with van der Waals surface area (Å²) in [6.07, 6.45) is 1.30. The van der Waals surface area contributed by atoms with Gasteiger partial charge in [-0.25, -0.2) is 4.98 Å². The van der Waals surface area contributed by atoms with Crippen LogP contribution >= 0.6 is 11.6 Å². The molecule has 1 rings (SSSR count). The van der Waals surface area contributed by atoms with Crippen molar-refractivity contribution in [3.63, 3.8) is 0 Å². The largest absolute Gasteiger partial charge is 0.362 e. The highest BCUT2D eigenvalue weighted by molar-refractivity contribution is 6.29. The van der Waals surface area contributed by atoms with Crippen molar-refractivity contribution < 1.29 is 0 Å². The Morgan fingerprint density at radius 3 is 2.62 bits per heavy atom. The van der Waals surface area contributed by atoms with E-state index in [1.54, 1.807) is 6.07 Å². The Morgan fingerprint density at radius 2 is 2.15 bits per heavy atom. The number of hydrogen-bond acceptors (Lipinski definition) is 3. The number of rotatable bonds is 2. The van der Waals surface area contributed by atoms with E-state index in [-0.39, 0.29) is 0 Å². The zero-order chi connectivity index (χ0) is 10.0. The number of nitrogens with one attached hydrogen (secondary N) is 1. The van der Waals surface area contributed by atoms with Crippen molar-refractivity contribution in [2.75, 3.05) is 19.0 Å². The minimum Gasteiger partial charge on any atom is -0.362 e. The topological polar surface area (TPSA) is 40.0 Å². The van der Waals surface area contributed by atoms with Crippen LogP contribution in [-0.4, -0.2) is 25.3 Å². The Hall–Kier alpha value is -1.09. The van der Waals surface area contributed by atoms with Crippen molar-refractivity contribution in [2.45, 2.75) is 6.92 Å². The maximum atomic E-state index is 7.25. The Bertz CT molecular complexity index is 334. The third-order valence-corrected chi connectivity index (χ3v) is 1.98. The third-order valence-electron chi connectivity index (χ3n) is 1.78. The number of halogens is 1. The average Bonchev–Trinajstić information content (AvgIpc) is 2.02. The first-order valence-electron chi connectivity index (χ1n) is 3.91. The summed E-state index contributed by atoms with van der Waals surface area (Å²) in [5.41, 5.74) is 1.79. The highest BCUT2D eigenvalue weighted by atomic mass is 35.5. The van der Waals surface area contributed by atoms with Gasteiger partial charge in [0.25, 0.3) is 0 Å². The molecule has 1 aromatic heterocycles. The molecule has 0 aromatic carbocycles. The lowest BCUT2D eigenvalue weighted by molar-refractivity contribution is 1.06. The molecule has 0 aliphatic rings. The van der Waals surface area contributed by atoms with Gasteiger partial charge >= 0.3 is 0 Å². The quantitative estimate of drug-likeness (QED) is 0.583. The normalized spacial score (nSPS) is 9.85. The van der Waals surface area contributed by atoms with Crippen molar-refractivity contribution >= 4 is 23.6 Å². The average molecular weight is 198 g/mol. The van der Waals surface area contributed by atoms with Gasteiger partial charge in [-0.1, -0.05) is 11.6 Å². The van der Waals surface area contributed by atoms with Crippen LogP contribution < -0.4 is 4.90 Å². The van der Waals surface area contributed by atoms with Crippen LogP contribution in [-0.2, 0) is 0 Å². The molecule has 0 aliphatic heterocycles. The minimum absolute atomic E-state index is 0.465. The van der Waals surface area contributed by atoms with Gasteiger partial charge in [0.2, 0.25) is 0 Å². The zero-order valence-corrected chi connectivity index (χ0v) is 8.68. The SMILES string of the molecule is Cc1cc(Cl)nc(N(C)C)c1C=N. The van der Waals surface area contributed by atoms with E-state index in [2.05, 4.69) is 4.98 Å². The van der Waals surface area contributed by atoms with Crippen LogP contribution in [0.25, 0.3) is 0 Å². The number of anilines is 1. The lowest BCUT2D eigenvalue weighted by Gasteiger charge is -2.15. The Balaban J connectivity index is 3.38. The van der Waals surface area contributed by atoms with Crippen molar-refractivity contribution in [1.82, 2.24) is 4.98 Å². The van der Waals surface area contributed by atoms with Crippen molar-refractivity contribution in [2.24, 2.45) is 0 Å². The van der Waals surface area contributed by atoms with Gasteiger partial charge in [0, 0.05) is 25.9 Å². The van der Waals surface area contributed by atoms with E-state index in [4.69, 9.17) is 17.0 Å². The van der Waals surface area contributed by atoms with E-state index < -0.39 is 0 Å². The predicted molar refractivity (Wildman–Crippen MR) is 56.2 cm³/mol. The summed E-state index contributed by atoms with van der Waals surface area (Å²) in [5, 5.41) is 7.72. The van der Waals surface area contributed by atoms with Gasteiger partial charge in [0.15, 0.2) is 0 Å². The summed E-state index contributed by atoms with van der Waals surface area (Å²) in [6.45, 7) is 1.92. The zero-order valence-electron chi connectivity index (χ0n) is 7.93. The molecule has 0 saturated carbocycles. The van der Waals surface area contributed by atoms with Crippen LogP contribution in [0.2, 0.25) is 5.15 Å². The monoisotopic (exact) mass is 197 g/mol. The van der Waals surface area contributed by atoms with E-state index >= 15 is 0 Å². The van der Waals surface area contributed by atoms with Crippen LogP contribution in [0, 0.1) is 12.3 Å². The van der Waals surface area contributed by atoms with Gasteiger partial charge < -0.3 is 10.3 Å². The van der Waals surface area contributed by atoms with E-state index in [0.717, 1.165) is 16.9 Å². The fraction of sp³-hybridized carbons (Fsp3) is 0.333. The molecule has 0 spiro atoms. The standard InChI is InChI=1S/C9H12ClN3/c1-6-4-8(10)12-9(13(2)3)7(6)5-11/h4-5,11H,1-3H3. The van der Waals surface area contributed by atoms with Gasteiger partial charge in [-0.05, 0) is 18.6 Å². The molecule has 0 aliphatic carbocycles. The summed E-state index contributed by atoms with van der Waals surface area (Å²) in [7, 11) is 3.76. The number of pyridine rings is 1. The molecule has 1 heterocycles. The molecule has 0 bridgehead atoms. The second-order valence-corrected chi connectivity index (χ2v) is 3.43. The molecule has 0 saturated heterocycles. The number of aryl methyl sites for hydroxylation is 1. The maximum Gasteiger partial charge on any atom is 0.138 e. The van der Waals surface area contributed by atoms with Crippen LogP contribution in [0.15, 0.2) is 6.07 Å². The second kappa shape index (κ2) is 3.75. The molecular formula is C9H12ClN3. The van der Waals surface area contributed by atoms with Gasteiger partial charge in [0.1, 0.15) is 11.0 Å². The van der Waals surface area contributed by atoms with Gasteiger partial charge in [0.05, 0.1) is 0 Å². The Kier molecular flexibility index (Phi) is 2.88. The van der Waals surface area contributed by atoms with Crippen LogP contribution in [0.4, 0.5) is 5.82 Å². The first kappa shape index (κ1) is 9.99. The molecule has 70 valence electrons. The van der Waals surface area contributed by atoms with Crippen LogP contribution in [0.5, 0.6) is 0 Å². The molecule has 1 aromatic rings. The van der Waals surface area contributed by atoms with Gasteiger partial charge in [-0.2, -0.15) is 0 Å². The van der Waals surface area contributed by atoms with Crippen molar-refractivity contribution in [3.8, 4) is 0 Å². The molecule has 0 fully saturated rings. The van der Waals surface area contributed by atoms with E-state index in [0.29, 0.717) is 5.15 Å². The lowest BCUT2D eigenvalue weighted by atomic mass is 10.1. The first-order valence-corrected chi connectivity index (χ1v) is 4.29. The Morgan fingerprint density at radius 1 is 1.54 bits per heavy atom. The van der Waals surface area contributed by atoms with Crippen molar-refractivity contribution in [1.29, 1.82) is 5.41 Å². The predicted octanol–water partition coefficient (Wildman–Crippen LogP) is 2.11. The van der Waals surface area contributed by atoms with Crippen LogP contribution in [0.1, 0.15) is 11.1 Å². The van der Waals surface area contributed by atoms with E-state index in [9.17, 15) is 0 Å². The Labute approximate surface area is 82.9 Å². The highest BCUT2D eigenvalue weighted by Gasteiger charge is 2.08. The minimum atomic E-state index is 0.465. The summed E-state index contributed by atoms with van der Waals surface area (Å²) >= 11 is 5.81. The molecule has 0 amide bonds. The fourth-order valence-corrected chi connectivity index (χ4v) is 1.39. The molecule has 13 heavy (non-hydrogen) atoms. The molecule has 3 nitrogen and oxygen atoms in total. The van der Waals surface area contributed by atoms with Crippen molar-refractivity contribution in [3.05, 3.63) is 22.3 Å². The van der Waals surface area contributed by atoms with Gasteiger partial charge in [-0.15, -0.1) is 0 Å². The summed E-state index contributed by atoms with van der Waals surface area (Å²) in [4.78, 5) is 5.99. The first-order chi connectivity index (χ1) is 6.06. The van der Waals surface area contributed by atoms with E-state index in [1.807, 2.05) is 25.9 Å². The fourth-order valence-electron chi connectivity index (χ4n) is 1.15. The van der Waals surface area contributed by atoms with E-state index in [1.165, 1.54) is 6.21 Å². The maximum absolute atomic E-state index is 7.25. The smallest absolute Gasteiger partial charge is 0.138 e. The number of hydrogen-bond donors (Lipinski definition) is 1. The lowest BCUT2D eigenvalue weighted by Crippen LogP contribution is -2.14. The molecule has 0 atom stereocenters. The molecule has 4 heteroatoms. The summed E-state index contributed by atoms with van der Waals surface area (Å²) in [6, 6.07) is 1.76. The molecule has 1 N–H and O–H groups in total. The molecule has 0 radical (unpaired) electrons. The number of aromatic nitrogens is 1. The van der Waals surface area contributed by atoms with Crippen LogP contribution in [0.3, 0.4) is 0 Å².